The van der Waals surface area contributed by atoms with Gasteiger partial charge in [0.25, 0.3) is 0 Å². The number of amides is 1. The van der Waals surface area contributed by atoms with Crippen LogP contribution in [0.4, 0.5) is 0 Å². The van der Waals surface area contributed by atoms with Crippen LogP contribution in [0, 0.1) is 5.41 Å². The molecule has 6 nitrogen and oxygen atoms in total. The van der Waals surface area contributed by atoms with Gasteiger partial charge in [0.05, 0.1) is 0 Å². The molecule has 20 heavy (non-hydrogen) atoms. The molecular weight excluding hydrogens is 256 g/mol. The predicted octanol–water partition coefficient (Wildman–Crippen LogP) is 1.14. The van der Waals surface area contributed by atoms with Crippen LogP contribution in [-0.4, -0.2) is 48.0 Å². The van der Waals surface area contributed by atoms with Gasteiger partial charge in [0, 0.05) is 12.1 Å². The van der Waals surface area contributed by atoms with Crippen molar-refractivity contribution < 1.29 is 10.0 Å². The maximum Gasteiger partial charge on any atom is 0.233 e. The number of rotatable bonds is 7. The van der Waals surface area contributed by atoms with Gasteiger partial charge in [0.15, 0.2) is 5.84 Å². The summed E-state index contributed by atoms with van der Waals surface area (Å²) in [7, 11) is 4.09. The summed E-state index contributed by atoms with van der Waals surface area (Å²) in [5.41, 5.74) is 4.90. The maximum absolute atomic E-state index is 12.5. The Morgan fingerprint density at radius 3 is 2.25 bits per heavy atom. The zero-order chi connectivity index (χ0) is 15.4. The molecule has 1 rings (SSSR count). The minimum atomic E-state index is -0.911. The van der Waals surface area contributed by atoms with E-state index in [9.17, 15) is 4.79 Å². The van der Waals surface area contributed by atoms with Crippen molar-refractivity contribution >= 4 is 11.7 Å². The Morgan fingerprint density at radius 1 is 1.40 bits per heavy atom. The monoisotopic (exact) mass is 284 g/mol. The third-order valence-electron chi connectivity index (χ3n) is 5.05. The van der Waals surface area contributed by atoms with Crippen LogP contribution in [-0.2, 0) is 4.79 Å². The van der Waals surface area contributed by atoms with Gasteiger partial charge in [-0.25, -0.2) is 0 Å². The van der Waals surface area contributed by atoms with Crippen molar-refractivity contribution in [2.45, 2.75) is 51.5 Å². The molecule has 0 saturated heterocycles. The highest BCUT2D eigenvalue weighted by atomic mass is 16.4. The summed E-state index contributed by atoms with van der Waals surface area (Å²) in [6, 6.07) is 0. The molecule has 0 aromatic carbocycles. The summed E-state index contributed by atoms with van der Waals surface area (Å²) in [5.74, 6) is -0.154. The Labute approximate surface area is 121 Å². The Bertz CT molecular complexity index is 371. The van der Waals surface area contributed by atoms with E-state index in [1.807, 2.05) is 27.9 Å². The van der Waals surface area contributed by atoms with Crippen LogP contribution in [0.3, 0.4) is 0 Å². The minimum absolute atomic E-state index is 0.00693. The van der Waals surface area contributed by atoms with Gasteiger partial charge in [-0.3, -0.25) is 4.79 Å². The first-order valence-electron chi connectivity index (χ1n) is 7.32. The third kappa shape index (κ3) is 2.75. The third-order valence-corrected chi connectivity index (χ3v) is 5.05. The molecule has 0 radical (unpaired) electrons. The molecule has 1 amide bonds. The van der Waals surface area contributed by atoms with E-state index in [2.05, 4.69) is 15.4 Å². The maximum atomic E-state index is 12.5. The lowest BCUT2D eigenvalue weighted by Crippen LogP contribution is -2.59. The summed E-state index contributed by atoms with van der Waals surface area (Å²) < 4.78 is 0. The van der Waals surface area contributed by atoms with Crippen molar-refractivity contribution in [2.75, 3.05) is 20.6 Å². The summed E-state index contributed by atoms with van der Waals surface area (Å²) in [4.78, 5) is 14.7. The standard InChI is InChI=1S/C14H28N4O2/c1-5-14(6-2,11(15)17-20)12(19)16-10-13(18(3)4)8-7-9-13/h20H,5-10H2,1-4H3,(H2,15,17)(H,16,19). The van der Waals surface area contributed by atoms with Crippen LogP contribution in [0.15, 0.2) is 5.16 Å². The lowest BCUT2D eigenvalue weighted by atomic mass is 9.75. The summed E-state index contributed by atoms with van der Waals surface area (Å²) >= 11 is 0. The van der Waals surface area contributed by atoms with Crippen LogP contribution in [0.2, 0.25) is 0 Å². The van der Waals surface area contributed by atoms with E-state index in [-0.39, 0.29) is 17.3 Å². The second-order valence-corrected chi connectivity index (χ2v) is 5.93. The van der Waals surface area contributed by atoms with E-state index in [4.69, 9.17) is 10.9 Å². The number of likely N-dealkylation sites (N-methyl/N-ethyl adjacent to an activating group) is 1. The predicted molar refractivity (Wildman–Crippen MR) is 79.7 cm³/mol. The average molecular weight is 284 g/mol. The minimum Gasteiger partial charge on any atom is -0.409 e. The summed E-state index contributed by atoms with van der Waals surface area (Å²) in [6.45, 7) is 4.37. The topological polar surface area (TPSA) is 91.0 Å². The van der Waals surface area contributed by atoms with Gasteiger partial charge in [-0.15, -0.1) is 0 Å². The molecule has 0 bridgehead atoms. The van der Waals surface area contributed by atoms with E-state index in [1.54, 1.807) is 0 Å². The molecule has 6 heteroatoms. The fourth-order valence-electron chi connectivity index (χ4n) is 2.93. The van der Waals surface area contributed by atoms with E-state index in [0.717, 1.165) is 12.8 Å². The van der Waals surface area contributed by atoms with Gasteiger partial charge in [-0.05, 0) is 46.2 Å². The van der Waals surface area contributed by atoms with Gasteiger partial charge in [0.2, 0.25) is 5.91 Å². The Balaban J connectivity index is 2.78. The molecule has 0 atom stereocenters. The zero-order valence-corrected chi connectivity index (χ0v) is 13.1. The molecule has 1 saturated carbocycles. The van der Waals surface area contributed by atoms with Gasteiger partial charge in [-0.2, -0.15) is 0 Å². The SMILES string of the molecule is CCC(CC)(C(=O)NCC1(N(C)C)CCC1)C(N)=NO. The van der Waals surface area contributed by atoms with Crippen molar-refractivity contribution in [2.24, 2.45) is 16.3 Å². The normalized spacial score (nSPS) is 18.8. The van der Waals surface area contributed by atoms with Gasteiger partial charge in [0.1, 0.15) is 5.41 Å². The Morgan fingerprint density at radius 2 is 1.95 bits per heavy atom. The molecule has 1 fully saturated rings. The van der Waals surface area contributed by atoms with E-state index in [0.29, 0.717) is 19.4 Å². The molecule has 1 aliphatic carbocycles. The van der Waals surface area contributed by atoms with Crippen molar-refractivity contribution in [3.8, 4) is 0 Å². The number of oxime groups is 1. The molecule has 1 aliphatic rings. The molecule has 0 aromatic rings. The molecule has 4 N–H and O–H groups in total. The number of carbonyl (C=O) groups excluding carboxylic acids is 1. The highest BCUT2D eigenvalue weighted by Crippen LogP contribution is 2.36. The number of nitrogens with two attached hydrogens (primary N) is 1. The van der Waals surface area contributed by atoms with E-state index >= 15 is 0 Å². The number of amidine groups is 1. The second kappa shape index (κ2) is 6.43. The average Bonchev–Trinajstić information content (AvgIpc) is 2.38. The van der Waals surface area contributed by atoms with Crippen LogP contribution < -0.4 is 11.1 Å². The van der Waals surface area contributed by atoms with Gasteiger partial charge >= 0.3 is 0 Å². The Hall–Kier alpha value is -1.30. The number of carbonyl (C=O) groups is 1. The fourth-order valence-corrected chi connectivity index (χ4v) is 2.93. The first kappa shape index (κ1) is 16.8. The van der Waals surface area contributed by atoms with Gasteiger partial charge < -0.3 is 21.2 Å². The van der Waals surface area contributed by atoms with Crippen LogP contribution in [0.1, 0.15) is 46.0 Å². The zero-order valence-electron chi connectivity index (χ0n) is 13.1. The van der Waals surface area contributed by atoms with Crippen LogP contribution in [0.5, 0.6) is 0 Å². The lowest BCUT2D eigenvalue weighted by Gasteiger charge is -2.47. The number of nitrogens with zero attached hydrogens (tertiary/aromatic N) is 2. The van der Waals surface area contributed by atoms with Crippen molar-refractivity contribution in [1.82, 2.24) is 10.2 Å². The lowest BCUT2D eigenvalue weighted by molar-refractivity contribution is -0.129. The van der Waals surface area contributed by atoms with Crippen molar-refractivity contribution in [3.05, 3.63) is 0 Å². The molecule has 0 aromatic heterocycles. The van der Waals surface area contributed by atoms with Crippen LogP contribution in [0.25, 0.3) is 0 Å². The molecule has 116 valence electrons. The molecular formula is C14H28N4O2. The highest BCUT2D eigenvalue weighted by Gasteiger charge is 2.43. The van der Waals surface area contributed by atoms with Crippen molar-refractivity contribution in [1.29, 1.82) is 0 Å². The molecule has 0 heterocycles. The quantitative estimate of drug-likeness (QED) is 0.283. The van der Waals surface area contributed by atoms with Gasteiger partial charge in [-0.1, -0.05) is 19.0 Å². The fraction of sp³-hybridized carbons (Fsp3) is 0.857. The molecule has 0 unspecified atom stereocenters. The largest absolute Gasteiger partial charge is 0.409 e. The highest BCUT2D eigenvalue weighted by molar-refractivity contribution is 6.06. The number of nitrogens with one attached hydrogen (secondary N) is 1. The molecule has 0 aliphatic heterocycles. The first-order chi connectivity index (χ1) is 9.38. The van der Waals surface area contributed by atoms with Crippen molar-refractivity contribution in [3.63, 3.8) is 0 Å². The summed E-state index contributed by atoms with van der Waals surface area (Å²) in [5, 5.41) is 15.0. The number of hydrogen-bond acceptors (Lipinski definition) is 4. The first-order valence-corrected chi connectivity index (χ1v) is 7.32. The number of hydrogen-bond donors (Lipinski definition) is 3. The van der Waals surface area contributed by atoms with Crippen LogP contribution >= 0.6 is 0 Å². The summed E-state index contributed by atoms with van der Waals surface area (Å²) in [6.07, 6.45) is 4.41. The smallest absolute Gasteiger partial charge is 0.233 e. The molecule has 0 spiro atoms. The van der Waals surface area contributed by atoms with E-state index in [1.165, 1.54) is 6.42 Å². The second-order valence-electron chi connectivity index (χ2n) is 5.93. The Kier molecular flexibility index (Phi) is 5.39. The van der Waals surface area contributed by atoms with E-state index < -0.39 is 5.41 Å².